The van der Waals surface area contributed by atoms with Gasteiger partial charge in [-0.05, 0) is 18.4 Å². The number of primary amides is 1. The molecule has 0 fully saturated rings. The van der Waals surface area contributed by atoms with E-state index in [1.165, 1.54) is 16.4 Å². The van der Waals surface area contributed by atoms with E-state index in [1.54, 1.807) is 24.5 Å². The lowest BCUT2D eigenvalue weighted by atomic mass is 10.3. The highest BCUT2D eigenvalue weighted by Crippen LogP contribution is 2.33. The quantitative estimate of drug-likeness (QED) is 0.852. The van der Waals surface area contributed by atoms with Gasteiger partial charge in [0.15, 0.2) is 0 Å². The molecule has 19 heavy (non-hydrogen) atoms. The van der Waals surface area contributed by atoms with Crippen LogP contribution in [0.1, 0.15) is 10.4 Å². The van der Waals surface area contributed by atoms with Gasteiger partial charge in [0.1, 0.15) is 22.1 Å². The first-order chi connectivity index (χ1) is 8.97. The van der Waals surface area contributed by atoms with Gasteiger partial charge < -0.3 is 11.5 Å². The number of hydrogen-bond acceptors (Lipinski definition) is 4. The van der Waals surface area contributed by atoms with Crippen LogP contribution in [0.2, 0.25) is 10.0 Å². The highest BCUT2D eigenvalue weighted by molar-refractivity contribution is 7.98. The Morgan fingerprint density at radius 3 is 2.37 bits per heavy atom. The fourth-order valence-electron chi connectivity index (χ4n) is 1.65. The molecule has 5 nitrogen and oxygen atoms in total. The molecule has 8 heteroatoms. The second-order valence-corrected chi connectivity index (χ2v) is 5.23. The molecule has 0 aliphatic rings. The molecule has 2 rings (SSSR count). The highest BCUT2D eigenvalue weighted by atomic mass is 35.5. The van der Waals surface area contributed by atoms with Crippen LogP contribution >= 0.6 is 35.0 Å². The fraction of sp³-hybridized carbons (Fsp3) is 0.0909. The first-order valence-corrected chi connectivity index (χ1v) is 7.12. The lowest BCUT2D eigenvalue weighted by Crippen LogP contribution is -2.14. The van der Waals surface area contributed by atoms with Gasteiger partial charge in [-0.25, -0.2) is 4.68 Å². The molecule has 0 bridgehead atoms. The Kier molecular flexibility index (Phi) is 3.93. The second-order valence-electron chi connectivity index (χ2n) is 3.62. The van der Waals surface area contributed by atoms with E-state index in [1.807, 2.05) is 0 Å². The topological polar surface area (TPSA) is 86.9 Å². The van der Waals surface area contributed by atoms with Crippen molar-refractivity contribution in [3.8, 4) is 5.69 Å². The summed E-state index contributed by atoms with van der Waals surface area (Å²) >= 11 is 13.5. The number of para-hydroxylation sites is 1. The zero-order valence-electron chi connectivity index (χ0n) is 9.85. The Morgan fingerprint density at radius 1 is 1.37 bits per heavy atom. The summed E-state index contributed by atoms with van der Waals surface area (Å²) in [5.41, 5.74) is 11.8. The number of hydrogen-bond donors (Lipinski definition) is 2. The summed E-state index contributed by atoms with van der Waals surface area (Å²) in [5.74, 6) is -0.525. The van der Waals surface area contributed by atoms with E-state index in [2.05, 4.69) is 5.10 Å². The summed E-state index contributed by atoms with van der Waals surface area (Å²) in [5, 5.41) is 5.42. The fourth-order valence-corrected chi connectivity index (χ4v) is 2.78. The van der Waals surface area contributed by atoms with Crippen molar-refractivity contribution in [2.45, 2.75) is 5.03 Å². The minimum Gasteiger partial charge on any atom is -0.383 e. The molecule has 2 aromatic rings. The number of nitrogens with two attached hydrogens (primary N) is 2. The van der Waals surface area contributed by atoms with Gasteiger partial charge in [-0.15, -0.1) is 11.8 Å². The van der Waals surface area contributed by atoms with E-state index in [0.717, 1.165) is 0 Å². The molecule has 1 aromatic carbocycles. The Morgan fingerprint density at radius 2 is 1.95 bits per heavy atom. The van der Waals surface area contributed by atoms with Crippen LogP contribution in [0.4, 0.5) is 5.82 Å². The van der Waals surface area contributed by atoms with Crippen LogP contribution in [0.25, 0.3) is 5.69 Å². The molecule has 1 heterocycles. The number of carbonyl (C=O) groups is 1. The largest absolute Gasteiger partial charge is 0.383 e. The smallest absolute Gasteiger partial charge is 0.255 e. The minimum absolute atomic E-state index is 0.117. The Labute approximate surface area is 123 Å². The predicted octanol–water partition coefficient (Wildman–Crippen LogP) is 2.58. The number of carbonyl (C=O) groups excluding carboxylic acids is 1. The molecule has 0 radical (unpaired) electrons. The van der Waals surface area contributed by atoms with Crippen LogP contribution in [0.3, 0.4) is 0 Å². The normalized spacial score (nSPS) is 10.7. The lowest BCUT2D eigenvalue weighted by molar-refractivity contribution is 0.0998. The molecule has 0 saturated carbocycles. The van der Waals surface area contributed by atoms with E-state index >= 15 is 0 Å². The Hall–Kier alpha value is -1.37. The standard InChI is InChI=1S/C11H10Cl2N4OS/c1-19-11-7(10(15)18)9(14)17(16-11)8-5(12)3-2-4-6(8)13/h2-4H,14H2,1H3,(H2,15,18). The number of benzene rings is 1. The average Bonchev–Trinajstić information content (AvgIpc) is 2.66. The van der Waals surface area contributed by atoms with Crippen molar-refractivity contribution in [2.24, 2.45) is 5.73 Å². The van der Waals surface area contributed by atoms with Gasteiger partial charge >= 0.3 is 0 Å². The zero-order chi connectivity index (χ0) is 14.2. The van der Waals surface area contributed by atoms with Crippen LogP contribution in [0.5, 0.6) is 0 Å². The molecule has 0 aliphatic carbocycles. The monoisotopic (exact) mass is 316 g/mol. The van der Waals surface area contributed by atoms with E-state index in [9.17, 15) is 4.79 Å². The maximum atomic E-state index is 11.4. The molecule has 0 atom stereocenters. The second kappa shape index (κ2) is 5.32. The van der Waals surface area contributed by atoms with Crippen LogP contribution < -0.4 is 11.5 Å². The SMILES string of the molecule is CSc1nn(-c2c(Cl)cccc2Cl)c(N)c1C(N)=O. The van der Waals surface area contributed by atoms with Crippen molar-refractivity contribution < 1.29 is 4.79 Å². The van der Waals surface area contributed by atoms with Gasteiger partial charge in [0, 0.05) is 0 Å². The minimum atomic E-state index is -0.642. The summed E-state index contributed by atoms with van der Waals surface area (Å²) in [6.07, 6.45) is 1.77. The van der Waals surface area contributed by atoms with Gasteiger partial charge in [0.05, 0.1) is 10.0 Å². The molecule has 0 unspecified atom stereocenters. The van der Waals surface area contributed by atoms with Crippen LogP contribution in [0, 0.1) is 0 Å². The molecule has 1 aromatic heterocycles. The van der Waals surface area contributed by atoms with E-state index in [-0.39, 0.29) is 11.4 Å². The number of amides is 1. The molecule has 4 N–H and O–H groups in total. The third-order valence-corrected chi connectivity index (χ3v) is 3.76. The third-order valence-electron chi connectivity index (χ3n) is 2.48. The molecule has 0 saturated heterocycles. The van der Waals surface area contributed by atoms with Crippen LogP contribution in [-0.4, -0.2) is 21.9 Å². The summed E-state index contributed by atoms with van der Waals surface area (Å²) < 4.78 is 1.33. The highest BCUT2D eigenvalue weighted by Gasteiger charge is 2.22. The Balaban J connectivity index is 2.74. The summed E-state index contributed by atoms with van der Waals surface area (Å²) in [4.78, 5) is 11.4. The van der Waals surface area contributed by atoms with Crippen molar-refractivity contribution in [3.63, 3.8) is 0 Å². The van der Waals surface area contributed by atoms with E-state index in [4.69, 9.17) is 34.7 Å². The van der Waals surface area contributed by atoms with Crippen molar-refractivity contribution in [2.75, 3.05) is 12.0 Å². The number of nitrogens with zero attached hydrogens (tertiary/aromatic N) is 2. The number of thioether (sulfide) groups is 1. The Bertz CT molecular complexity index is 636. The van der Waals surface area contributed by atoms with Crippen molar-refractivity contribution in [1.82, 2.24) is 9.78 Å². The van der Waals surface area contributed by atoms with Gasteiger partial charge in [-0.2, -0.15) is 5.10 Å². The van der Waals surface area contributed by atoms with Crippen LogP contribution in [0.15, 0.2) is 23.2 Å². The number of nitrogen functional groups attached to an aromatic ring is 1. The van der Waals surface area contributed by atoms with E-state index in [0.29, 0.717) is 20.8 Å². The van der Waals surface area contributed by atoms with Gasteiger partial charge in [-0.1, -0.05) is 29.3 Å². The number of aromatic nitrogens is 2. The molecule has 0 spiro atoms. The molecule has 100 valence electrons. The summed E-state index contributed by atoms with van der Waals surface area (Å²) in [6.45, 7) is 0. The maximum absolute atomic E-state index is 11.4. The van der Waals surface area contributed by atoms with Gasteiger partial charge in [0.2, 0.25) is 0 Å². The average molecular weight is 317 g/mol. The number of rotatable bonds is 3. The third kappa shape index (κ3) is 2.39. The first kappa shape index (κ1) is 14.0. The molecular formula is C11H10Cl2N4OS. The molecular weight excluding hydrogens is 307 g/mol. The summed E-state index contributed by atoms with van der Waals surface area (Å²) in [7, 11) is 0. The van der Waals surface area contributed by atoms with Crippen LogP contribution in [-0.2, 0) is 0 Å². The number of anilines is 1. The lowest BCUT2D eigenvalue weighted by Gasteiger charge is -2.08. The predicted molar refractivity (Wildman–Crippen MR) is 78.3 cm³/mol. The van der Waals surface area contributed by atoms with Crippen molar-refractivity contribution in [3.05, 3.63) is 33.8 Å². The molecule has 0 aliphatic heterocycles. The van der Waals surface area contributed by atoms with Gasteiger partial charge in [0.25, 0.3) is 5.91 Å². The van der Waals surface area contributed by atoms with E-state index < -0.39 is 5.91 Å². The summed E-state index contributed by atoms with van der Waals surface area (Å²) in [6, 6.07) is 5.03. The zero-order valence-corrected chi connectivity index (χ0v) is 12.2. The van der Waals surface area contributed by atoms with Gasteiger partial charge in [-0.3, -0.25) is 4.79 Å². The molecule has 1 amide bonds. The number of halogens is 2. The van der Waals surface area contributed by atoms with Crippen molar-refractivity contribution in [1.29, 1.82) is 0 Å². The first-order valence-electron chi connectivity index (χ1n) is 5.14. The van der Waals surface area contributed by atoms with Crippen molar-refractivity contribution >= 4 is 46.7 Å². The maximum Gasteiger partial charge on any atom is 0.255 e.